The third-order valence-electron chi connectivity index (χ3n) is 10.4. The Bertz CT molecular complexity index is 1900. The number of ether oxygens (including phenoxy) is 2. The van der Waals surface area contributed by atoms with E-state index in [0.717, 1.165) is 70.4 Å². The zero-order valence-corrected chi connectivity index (χ0v) is 30.8. The highest BCUT2D eigenvalue weighted by atomic mass is 16.5. The van der Waals surface area contributed by atoms with Crippen molar-refractivity contribution in [3.63, 3.8) is 0 Å². The number of fused-ring (bicyclic) bond motifs is 1. The van der Waals surface area contributed by atoms with Crippen LogP contribution in [0.4, 0.5) is 9.59 Å². The number of aromatic nitrogens is 2. The predicted octanol–water partition coefficient (Wildman–Crippen LogP) is 5.83. The van der Waals surface area contributed by atoms with Gasteiger partial charge in [-0.15, -0.1) is 0 Å². The first-order valence-electron chi connectivity index (χ1n) is 18.1. The van der Waals surface area contributed by atoms with Crippen molar-refractivity contribution in [2.24, 2.45) is 16.8 Å². The minimum Gasteiger partial charge on any atom is -0.453 e. The van der Waals surface area contributed by atoms with Gasteiger partial charge in [-0.2, -0.15) is 0 Å². The molecule has 1 aromatic heterocycles. The summed E-state index contributed by atoms with van der Waals surface area (Å²) in [4.78, 5) is 67.7. The number of hydrogen-bond acceptors (Lipinski definition) is 8. The number of carbonyl (C=O) groups excluding carboxylic acids is 4. The number of likely N-dealkylation sites (tertiary alicyclic amines) is 2. The zero-order valence-electron chi connectivity index (χ0n) is 30.8. The number of allylic oxidation sites excluding steroid dienone is 1. The van der Waals surface area contributed by atoms with Gasteiger partial charge >= 0.3 is 12.2 Å². The number of rotatable bonds is 10. The predicted molar refractivity (Wildman–Crippen MR) is 198 cm³/mol. The van der Waals surface area contributed by atoms with Crippen LogP contribution in [0.3, 0.4) is 0 Å². The van der Waals surface area contributed by atoms with Crippen LogP contribution in [0, 0.1) is 11.8 Å². The Morgan fingerprint density at radius 3 is 1.90 bits per heavy atom. The number of H-pyrrole nitrogens is 1. The number of aromatic amines is 1. The third kappa shape index (κ3) is 7.54. The molecule has 276 valence electrons. The van der Waals surface area contributed by atoms with Crippen molar-refractivity contribution in [3.05, 3.63) is 60.2 Å². The Morgan fingerprint density at radius 1 is 0.788 bits per heavy atom. The summed E-state index contributed by atoms with van der Waals surface area (Å²) in [6.45, 7) is 8.85. The zero-order chi connectivity index (χ0) is 37.1. The Labute approximate surface area is 304 Å². The molecule has 3 aliphatic rings. The van der Waals surface area contributed by atoms with Gasteiger partial charge in [-0.05, 0) is 71.6 Å². The molecule has 4 atom stereocenters. The van der Waals surface area contributed by atoms with Gasteiger partial charge in [-0.25, -0.2) is 14.6 Å². The smallest absolute Gasteiger partial charge is 0.407 e. The largest absolute Gasteiger partial charge is 0.453 e. The number of amides is 4. The van der Waals surface area contributed by atoms with Gasteiger partial charge in [0.15, 0.2) is 0 Å². The Balaban J connectivity index is 1.12. The number of nitrogens with zero attached hydrogens (tertiary/aromatic N) is 4. The van der Waals surface area contributed by atoms with Gasteiger partial charge < -0.3 is 34.9 Å². The molecule has 0 bridgehead atoms. The minimum absolute atomic E-state index is 0.0883. The second-order valence-corrected chi connectivity index (χ2v) is 14.5. The number of alkyl carbamates (subject to hydrolysis) is 2. The van der Waals surface area contributed by atoms with Crippen molar-refractivity contribution in [2.45, 2.75) is 84.0 Å². The maximum atomic E-state index is 13.6. The first kappa shape index (κ1) is 36.6. The first-order chi connectivity index (χ1) is 25.0. The van der Waals surface area contributed by atoms with Crippen molar-refractivity contribution in [2.75, 3.05) is 27.3 Å². The molecular weight excluding hydrogens is 662 g/mol. The third-order valence-corrected chi connectivity index (χ3v) is 10.4. The highest BCUT2D eigenvalue weighted by Crippen LogP contribution is 2.35. The fraction of sp³-hybridized carbons (Fsp3) is 0.487. The van der Waals surface area contributed by atoms with E-state index >= 15 is 0 Å². The number of methoxy groups -OCH3 is 2. The lowest BCUT2D eigenvalue weighted by Gasteiger charge is -2.31. The van der Waals surface area contributed by atoms with E-state index in [0.29, 0.717) is 19.5 Å². The monoisotopic (exact) mass is 711 g/mol. The number of imidazole rings is 1. The molecular formula is C39H49N7O6. The highest BCUT2D eigenvalue weighted by molar-refractivity contribution is 6.04. The van der Waals surface area contributed by atoms with E-state index in [-0.39, 0.29) is 35.7 Å². The summed E-state index contributed by atoms with van der Waals surface area (Å²) in [6.07, 6.45) is 6.50. The quantitative estimate of drug-likeness (QED) is 0.239. The van der Waals surface area contributed by atoms with Crippen LogP contribution >= 0.6 is 0 Å². The number of hydrogen-bond donors (Lipinski definition) is 3. The van der Waals surface area contributed by atoms with Gasteiger partial charge in [0.1, 0.15) is 17.9 Å². The summed E-state index contributed by atoms with van der Waals surface area (Å²) in [5, 5.41) is 7.58. The molecule has 4 amide bonds. The lowest BCUT2D eigenvalue weighted by Crippen LogP contribution is -2.53. The van der Waals surface area contributed by atoms with Crippen LogP contribution < -0.4 is 10.6 Å². The Kier molecular flexibility index (Phi) is 11.0. The van der Waals surface area contributed by atoms with Gasteiger partial charge in [-0.1, -0.05) is 52.0 Å². The summed E-state index contributed by atoms with van der Waals surface area (Å²) in [5.74, 6) is 0.287. The maximum Gasteiger partial charge on any atom is 0.407 e. The van der Waals surface area contributed by atoms with Crippen LogP contribution in [-0.2, 0) is 19.1 Å². The van der Waals surface area contributed by atoms with Crippen LogP contribution in [0.5, 0.6) is 0 Å². The first-order valence-corrected chi connectivity index (χ1v) is 18.1. The molecule has 3 aliphatic heterocycles. The Hall–Kier alpha value is -5.20. The molecule has 6 rings (SSSR count). The molecule has 3 aromatic rings. The van der Waals surface area contributed by atoms with Crippen LogP contribution in [-0.4, -0.2) is 94.9 Å². The second kappa shape index (κ2) is 15.6. The van der Waals surface area contributed by atoms with E-state index in [1.54, 1.807) is 0 Å². The fourth-order valence-corrected chi connectivity index (χ4v) is 7.54. The summed E-state index contributed by atoms with van der Waals surface area (Å²) in [7, 11) is 2.59. The van der Waals surface area contributed by atoms with E-state index in [2.05, 4.69) is 52.0 Å². The lowest BCUT2D eigenvalue weighted by atomic mass is 9.95. The molecule has 13 nitrogen and oxygen atoms in total. The summed E-state index contributed by atoms with van der Waals surface area (Å²) >= 11 is 0. The van der Waals surface area contributed by atoms with E-state index < -0.39 is 24.3 Å². The molecule has 2 aromatic carbocycles. The van der Waals surface area contributed by atoms with Gasteiger partial charge in [0.05, 0.1) is 38.2 Å². The van der Waals surface area contributed by atoms with Gasteiger partial charge in [0, 0.05) is 37.0 Å². The van der Waals surface area contributed by atoms with E-state index in [1.807, 2.05) is 49.9 Å². The molecule has 4 heterocycles. The Morgan fingerprint density at radius 2 is 1.33 bits per heavy atom. The summed E-state index contributed by atoms with van der Waals surface area (Å²) < 4.78 is 9.52. The average molecular weight is 712 g/mol. The van der Waals surface area contributed by atoms with E-state index in [9.17, 15) is 19.2 Å². The molecule has 0 unspecified atom stereocenters. The van der Waals surface area contributed by atoms with E-state index in [1.165, 1.54) is 14.2 Å². The van der Waals surface area contributed by atoms with Gasteiger partial charge in [0.2, 0.25) is 11.8 Å². The fourth-order valence-electron chi connectivity index (χ4n) is 7.54. The number of aliphatic imine (C=N–C) groups is 1. The minimum atomic E-state index is -0.688. The second-order valence-electron chi connectivity index (χ2n) is 14.5. The molecule has 0 aliphatic carbocycles. The van der Waals surface area contributed by atoms with Crippen LogP contribution in [0.2, 0.25) is 0 Å². The van der Waals surface area contributed by atoms with Crippen LogP contribution in [0.15, 0.2) is 53.8 Å². The maximum absolute atomic E-state index is 13.6. The van der Waals surface area contributed by atoms with Crippen molar-refractivity contribution in [1.82, 2.24) is 30.4 Å². The van der Waals surface area contributed by atoms with Crippen molar-refractivity contribution < 1.29 is 28.7 Å². The molecule has 52 heavy (non-hydrogen) atoms. The molecule has 3 N–H and O–H groups in total. The molecule has 0 saturated carbocycles. The van der Waals surface area contributed by atoms with Crippen LogP contribution in [0.25, 0.3) is 27.6 Å². The molecule has 0 spiro atoms. The summed E-state index contributed by atoms with van der Waals surface area (Å²) in [6, 6.07) is 11.0. The molecule has 2 saturated heterocycles. The standard InChI is InChI=1S/C39H49N7O6/c1-22(2)33(43-38(49)51-5)36(47)45-15-7-9-31(45)29-19-28(20-40-29)26-12-11-25-18-27(14-13-24(25)17-26)30-21-41-35(42-30)32-10-8-16-46(32)37(48)34(23(3)4)44-39(50)52-6/h11-14,17-18,20-23,31-34H,7-10,15-16,19H2,1-6H3,(H,41,42)(H,43,49)(H,44,50)/t31-,32-,33-,34-/m0/s1. The molecule has 13 heteroatoms. The number of carbonyl (C=O) groups is 4. The van der Waals surface area contributed by atoms with Crippen molar-refractivity contribution >= 4 is 46.1 Å². The highest BCUT2D eigenvalue weighted by Gasteiger charge is 2.39. The SMILES string of the molecule is COC(=O)N[C@H](C(=O)N1CCC[C@H]1C1=NC=C(c2ccc3cc(-c4cnc([C@@H]5CCCN5C(=O)[C@@H](NC(=O)OC)C(C)C)[nH]4)ccc3c2)C1)C(C)C. The topological polar surface area (TPSA) is 158 Å². The summed E-state index contributed by atoms with van der Waals surface area (Å²) in [5.41, 5.74) is 5.00. The van der Waals surface area contributed by atoms with Crippen LogP contribution in [0.1, 0.15) is 77.2 Å². The van der Waals surface area contributed by atoms with Crippen molar-refractivity contribution in [3.8, 4) is 11.3 Å². The average Bonchev–Trinajstić information content (AvgIpc) is 3.97. The normalized spacial score (nSPS) is 19.8. The van der Waals surface area contributed by atoms with E-state index in [4.69, 9.17) is 19.5 Å². The molecule has 0 radical (unpaired) electrons. The van der Waals surface area contributed by atoms with Gasteiger partial charge in [0.25, 0.3) is 0 Å². The van der Waals surface area contributed by atoms with Gasteiger partial charge in [-0.3, -0.25) is 14.6 Å². The molecule has 2 fully saturated rings. The van der Waals surface area contributed by atoms with Crippen molar-refractivity contribution in [1.29, 1.82) is 0 Å². The lowest BCUT2D eigenvalue weighted by molar-refractivity contribution is -0.135. The number of benzene rings is 2. The number of nitrogens with one attached hydrogen (secondary N) is 3.